The van der Waals surface area contributed by atoms with Gasteiger partial charge in [0.1, 0.15) is 11.6 Å². The molecule has 0 bridgehead atoms. The molecule has 2 aromatic carbocycles. The maximum atomic E-state index is 14.1. The molecule has 1 atom stereocenters. The molecule has 0 saturated carbocycles. The van der Waals surface area contributed by atoms with E-state index in [1.54, 1.807) is 47.4 Å². The van der Waals surface area contributed by atoms with E-state index in [0.29, 0.717) is 24.3 Å². The van der Waals surface area contributed by atoms with Crippen molar-refractivity contribution in [3.8, 4) is 5.75 Å². The maximum Gasteiger partial charge on any atom is 0.254 e. The van der Waals surface area contributed by atoms with E-state index in [1.165, 1.54) is 6.07 Å². The molecule has 1 amide bonds. The van der Waals surface area contributed by atoms with Gasteiger partial charge in [0.05, 0.1) is 12.7 Å². The van der Waals surface area contributed by atoms with Crippen LogP contribution in [0.4, 0.5) is 4.39 Å². The van der Waals surface area contributed by atoms with Crippen LogP contribution in [0.2, 0.25) is 0 Å². The van der Waals surface area contributed by atoms with Gasteiger partial charge < -0.3 is 14.4 Å². The largest absolute Gasteiger partial charge is 0.494 e. The fraction of sp³-hybridized carbons (Fsp3) is 0.409. The van der Waals surface area contributed by atoms with Crippen LogP contribution in [0, 0.1) is 5.82 Å². The highest BCUT2D eigenvalue weighted by Crippen LogP contribution is 2.20. The topological polar surface area (TPSA) is 38.8 Å². The van der Waals surface area contributed by atoms with Crippen molar-refractivity contribution in [2.24, 2.45) is 0 Å². The lowest BCUT2D eigenvalue weighted by Gasteiger charge is -2.26. The lowest BCUT2D eigenvalue weighted by Crippen LogP contribution is -2.37. The first-order chi connectivity index (χ1) is 13.2. The van der Waals surface area contributed by atoms with Crippen molar-refractivity contribution in [3.63, 3.8) is 0 Å². The average Bonchev–Trinajstić information content (AvgIpc) is 3.20. The van der Waals surface area contributed by atoms with Crippen molar-refractivity contribution in [1.82, 2.24) is 4.90 Å². The summed E-state index contributed by atoms with van der Waals surface area (Å²) in [5, 5.41) is 0. The Bertz CT molecular complexity index is 741. The van der Waals surface area contributed by atoms with Crippen LogP contribution in [0.1, 0.15) is 42.1 Å². The predicted molar refractivity (Wildman–Crippen MR) is 102 cm³/mol. The minimum Gasteiger partial charge on any atom is -0.494 e. The molecule has 1 unspecified atom stereocenters. The molecule has 0 aliphatic carbocycles. The molecular weight excluding hydrogens is 345 g/mol. The van der Waals surface area contributed by atoms with Gasteiger partial charge in [-0.1, -0.05) is 25.1 Å². The molecule has 4 nitrogen and oxygen atoms in total. The van der Waals surface area contributed by atoms with Crippen LogP contribution in [-0.2, 0) is 11.3 Å². The Balaban J connectivity index is 1.76. The lowest BCUT2D eigenvalue weighted by molar-refractivity contribution is 0.0505. The van der Waals surface area contributed by atoms with Gasteiger partial charge in [-0.05, 0) is 49.6 Å². The van der Waals surface area contributed by atoms with Gasteiger partial charge in [-0.15, -0.1) is 0 Å². The van der Waals surface area contributed by atoms with Crippen molar-refractivity contribution < 1.29 is 18.7 Å². The van der Waals surface area contributed by atoms with Crippen LogP contribution in [0.3, 0.4) is 0 Å². The van der Waals surface area contributed by atoms with E-state index in [4.69, 9.17) is 9.47 Å². The second kappa shape index (κ2) is 9.51. The fourth-order valence-corrected chi connectivity index (χ4v) is 3.18. The number of nitrogens with zero attached hydrogens (tertiary/aromatic N) is 1. The maximum absolute atomic E-state index is 14.1. The standard InChI is InChI=1S/C22H26FNO3/c1-2-13-26-19-11-9-17(10-12-19)22(25)24(16-20-7-5-14-27-20)15-18-6-3-4-8-21(18)23/h3-4,6,8-12,20H,2,5,7,13-16H2,1H3. The Labute approximate surface area is 159 Å². The first-order valence-electron chi connectivity index (χ1n) is 9.54. The van der Waals surface area contributed by atoms with E-state index < -0.39 is 0 Å². The van der Waals surface area contributed by atoms with E-state index in [0.717, 1.165) is 31.6 Å². The molecule has 1 heterocycles. The molecule has 144 valence electrons. The van der Waals surface area contributed by atoms with Gasteiger partial charge in [0.25, 0.3) is 5.91 Å². The molecule has 1 aliphatic heterocycles. The molecule has 27 heavy (non-hydrogen) atoms. The van der Waals surface area contributed by atoms with Crippen molar-refractivity contribution >= 4 is 5.91 Å². The summed E-state index contributed by atoms with van der Waals surface area (Å²) in [4.78, 5) is 14.8. The lowest BCUT2D eigenvalue weighted by atomic mass is 10.1. The van der Waals surface area contributed by atoms with E-state index in [9.17, 15) is 9.18 Å². The highest BCUT2D eigenvalue weighted by molar-refractivity contribution is 5.94. The number of hydrogen-bond acceptors (Lipinski definition) is 3. The Morgan fingerprint density at radius 3 is 2.67 bits per heavy atom. The summed E-state index contributed by atoms with van der Waals surface area (Å²) in [5.74, 6) is 0.315. The molecule has 0 radical (unpaired) electrons. The SMILES string of the molecule is CCCOc1ccc(C(=O)N(Cc2ccccc2F)CC2CCCO2)cc1. The predicted octanol–water partition coefficient (Wildman–Crippen LogP) is 4.44. The van der Waals surface area contributed by atoms with E-state index in [-0.39, 0.29) is 24.4 Å². The molecule has 0 aromatic heterocycles. The molecule has 3 rings (SSSR count). The summed E-state index contributed by atoms with van der Waals surface area (Å²) >= 11 is 0. The minimum absolute atomic E-state index is 0.00730. The third-order valence-corrected chi connectivity index (χ3v) is 4.63. The molecule has 2 aromatic rings. The van der Waals surface area contributed by atoms with Crippen molar-refractivity contribution in [1.29, 1.82) is 0 Å². The summed E-state index contributed by atoms with van der Waals surface area (Å²) in [6.45, 7) is 4.09. The van der Waals surface area contributed by atoms with Gasteiger partial charge in [0.15, 0.2) is 0 Å². The fourth-order valence-electron chi connectivity index (χ4n) is 3.18. The number of benzene rings is 2. The van der Waals surface area contributed by atoms with Gasteiger partial charge in [-0.25, -0.2) is 4.39 Å². The number of hydrogen-bond donors (Lipinski definition) is 0. The molecule has 1 saturated heterocycles. The minimum atomic E-state index is -0.300. The van der Waals surface area contributed by atoms with Crippen LogP contribution in [0.25, 0.3) is 0 Å². The molecule has 0 N–H and O–H groups in total. The zero-order chi connectivity index (χ0) is 19.1. The van der Waals surface area contributed by atoms with Gasteiger partial charge in [-0.2, -0.15) is 0 Å². The number of amides is 1. The van der Waals surface area contributed by atoms with Gasteiger partial charge >= 0.3 is 0 Å². The van der Waals surface area contributed by atoms with E-state index in [2.05, 4.69) is 0 Å². The zero-order valence-electron chi connectivity index (χ0n) is 15.7. The number of carbonyl (C=O) groups is 1. The third kappa shape index (κ3) is 5.30. The van der Waals surface area contributed by atoms with Crippen LogP contribution >= 0.6 is 0 Å². The second-order valence-corrected chi connectivity index (χ2v) is 6.78. The smallest absolute Gasteiger partial charge is 0.254 e. The Kier molecular flexibility index (Phi) is 6.82. The average molecular weight is 371 g/mol. The van der Waals surface area contributed by atoms with Crippen molar-refractivity contribution in [2.45, 2.75) is 38.8 Å². The number of halogens is 1. The van der Waals surface area contributed by atoms with E-state index in [1.807, 2.05) is 6.92 Å². The molecule has 5 heteroatoms. The number of carbonyl (C=O) groups excluding carboxylic acids is 1. The molecule has 1 aliphatic rings. The normalized spacial score (nSPS) is 16.3. The summed E-state index contributed by atoms with van der Waals surface area (Å²) in [5.41, 5.74) is 1.07. The molecule has 1 fully saturated rings. The first-order valence-corrected chi connectivity index (χ1v) is 9.54. The van der Waals surface area contributed by atoms with Crippen LogP contribution < -0.4 is 4.74 Å². The zero-order valence-corrected chi connectivity index (χ0v) is 15.7. The Morgan fingerprint density at radius 1 is 1.22 bits per heavy atom. The number of rotatable bonds is 8. The summed E-state index contributed by atoms with van der Waals surface area (Å²) in [7, 11) is 0. The van der Waals surface area contributed by atoms with Crippen LogP contribution in [0.15, 0.2) is 48.5 Å². The van der Waals surface area contributed by atoms with Crippen LogP contribution in [0.5, 0.6) is 5.75 Å². The summed E-state index contributed by atoms with van der Waals surface area (Å²) in [6, 6.07) is 13.7. The Hall–Kier alpha value is -2.40. The first kappa shape index (κ1) is 19.4. The molecule has 0 spiro atoms. The van der Waals surface area contributed by atoms with Crippen molar-refractivity contribution in [3.05, 3.63) is 65.5 Å². The molecular formula is C22H26FNO3. The van der Waals surface area contributed by atoms with Crippen molar-refractivity contribution in [2.75, 3.05) is 19.8 Å². The van der Waals surface area contributed by atoms with Gasteiger partial charge in [-0.3, -0.25) is 4.79 Å². The monoisotopic (exact) mass is 371 g/mol. The van der Waals surface area contributed by atoms with Gasteiger partial charge in [0.2, 0.25) is 0 Å². The number of ether oxygens (including phenoxy) is 2. The highest BCUT2D eigenvalue weighted by atomic mass is 19.1. The highest BCUT2D eigenvalue weighted by Gasteiger charge is 2.24. The Morgan fingerprint density at radius 2 is 2.00 bits per heavy atom. The second-order valence-electron chi connectivity index (χ2n) is 6.78. The van der Waals surface area contributed by atoms with Gasteiger partial charge in [0, 0.05) is 30.8 Å². The quantitative estimate of drug-likeness (QED) is 0.689. The summed E-state index contributed by atoms with van der Waals surface area (Å²) in [6.07, 6.45) is 2.85. The summed E-state index contributed by atoms with van der Waals surface area (Å²) < 4.78 is 25.4. The van der Waals surface area contributed by atoms with E-state index >= 15 is 0 Å². The van der Waals surface area contributed by atoms with Crippen LogP contribution in [-0.4, -0.2) is 36.7 Å². The third-order valence-electron chi connectivity index (χ3n) is 4.63.